The highest BCUT2D eigenvalue weighted by atomic mass is 32.2. The number of anilines is 1. The number of β-amino-alcohol motifs (C(OH)–C–C–N with tert-alkyl or cyclic N) is 1. The molecular formula is C12H18N2O3S. The van der Waals surface area contributed by atoms with E-state index >= 15 is 0 Å². The van der Waals surface area contributed by atoms with Gasteiger partial charge in [-0.3, -0.25) is 0 Å². The summed E-state index contributed by atoms with van der Waals surface area (Å²) >= 11 is 0. The predicted molar refractivity (Wildman–Crippen MR) is 70.3 cm³/mol. The van der Waals surface area contributed by atoms with Crippen LogP contribution in [0.1, 0.15) is 18.9 Å². The lowest BCUT2D eigenvalue weighted by Crippen LogP contribution is -2.63. The van der Waals surface area contributed by atoms with Crippen molar-refractivity contribution in [3.63, 3.8) is 0 Å². The molecule has 0 aliphatic carbocycles. The number of nitrogens with two attached hydrogens (primary N) is 1. The van der Waals surface area contributed by atoms with Crippen LogP contribution in [-0.4, -0.2) is 36.5 Å². The number of benzene rings is 1. The summed E-state index contributed by atoms with van der Waals surface area (Å²) in [6.45, 7) is 2.20. The fourth-order valence-corrected chi connectivity index (χ4v) is 3.70. The monoisotopic (exact) mass is 270 g/mol. The van der Waals surface area contributed by atoms with E-state index in [-0.39, 0.29) is 18.8 Å². The molecule has 1 aliphatic rings. The van der Waals surface area contributed by atoms with Crippen molar-refractivity contribution in [2.24, 2.45) is 0 Å². The van der Waals surface area contributed by atoms with Gasteiger partial charge in [0, 0.05) is 18.8 Å². The lowest BCUT2D eigenvalue weighted by Gasteiger charge is -2.44. The number of aliphatic hydroxyl groups is 1. The van der Waals surface area contributed by atoms with Gasteiger partial charge in [0.2, 0.25) is 10.0 Å². The number of hydrogen-bond acceptors (Lipinski definition) is 4. The number of nitrogen functional groups attached to an aromatic ring is 1. The number of para-hydroxylation sites is 1. The molecular weight excluding hydrogens is 252 g/mol. The highest BCUT2D eigenvalue weighted by Gasteiger charge is 2.45. The molecule has 1 heterocycles. The quantitative estimate of drug-likeness (QED) is 0.783. The number of nitrogens with zero attached hydrogens (tertiary/aromatic N) is 1. The fourth-order valence-electron chi connectivity index (χ4n) is 1.98. The molecule has 0 spiro atoms. The molecule has 5 nitrogen and oxygen atoms in total. The average molecular weight is 270 g/mol. The van der Waals surface area contributed by atoms with Crippen molar-refractivity contribution in [3.8, 4) is 0 Å². The zero-order valence-electron chi connectivity index (χ0n) is 10.3. The standard InChI is InChI=1S/C12H18N2O3S/c1-2-12(15)8-14(9-12)18(16,17)7-10-5-3-4-6-11(10)13/h3-6,15H,2,7-9,13H2,1H3. The Morgan fingerprint density at radius 3 is 2.56 bits per heavy atom. The van der Waals surface area contributed by atoms with E-state index in [4.69, 9.17) is 5.73 Å². The van der Waals surface area contributed by atoms with E-state index in [1.807, 2.05) is 6.92 Å². The van der Waals surface area contributed by atoms with Crippen LogP contribution in [0.4, 0.5) is 5.69 Å². The van der Waals surface area contributed by atoms with Crippen LogP contribution < -0.4 is 5.73 Å². The van der Waals surface area contributed by atoms with Gasteiger partial charge in [-0.1, -0.05) is 25.1 Å². The summed E-state index contributed by atoms with van der Waals surface area (Å²) in [5, 5.41) is 9.84. The first-order valence-corrected chi connectivity index (χ1v) is 7.51. The van der Waals surface area contributed by atoms with Crippen LogP contribution in [0.5, 0.6) is 0 Å². The summed E-state index contributed by atoms with van der Waals surface area (Å²) < 4.78 is 25.5. The van der Waals surface area contributed by atoms with Crippen molar-refractivity contribution >= 4 is 15.7 Å². The molecule has 0 aromatic heterocycles. The van der Waals surface area contributed by atoms with E-state index in [1.165, 1.54) is 4.31 Å². The summed E-state index contributed by atoms with van der Waals surface area (Å²) in [6.07, 6.45) is 0.562. The van der Waals surface area contributed by atoms with E-state index in [0.29, 0.717) is 17.7 Å². The number of hydrogen-bond donors (Lipinski definition) is 2. The van der Waals surface area contributed by atoms with Crippen molar-refractivity contribution in [1.82, 2.24) is 4.31 Å². The van der Waals surface area contributed by atoms with Crippen LogP contribution in [0.2, 0.25) is 0 Å². The van der Waals surface area contributed by atoms with Crippen LogP contribution in [-0.2, 0) is 15.8 Å². The topological polar surface area (TPSA) is 83.6 Å². The Bertz CT molecular complexity index is 536. The molecule has 0 radical (unpaired) electrons. The molecule has 0 bridgehead atoms. The minimum absolute atomic E-state index is 0.112. The van der Waals surface area contributed by atoms with Gasteiger partial charge in [0.1, 0.15) is 0 Å². The van der Waals surface area contributed by atoms with Gasteiger partial charge in [-0.05, 0) is 18.1 Å². The Morgan fingerprint density at radius 2 is 2.00 bits per heavy atom. The molecule has 3 N–H and O–H groups in total. The molecule has 2 rings (SSSR count). The molecule has 18 heavy (non-hydrogen) atoms. The molecule has 0 saturated carbocycles. The van der Waals surface area contributed by atoms with Gasteiger partial charge in [0.15, 0.2) is 0 Å². The maximum atomic E-state index is 12.1. The molecule has 1 aliphatic heterocycles. The Balaban J connectivity index is 2.08. The van der Waals surface area contributed by atoms with Crippen LogP contribution >= 0.6 is 0 Å². The van der Waals surface area contributed by atoms with Gasteiger partial charge in [0.05, 0.1) is 11.4 Å². The van der Waals surface area contributed by atoms with Crippen molar-refractivity contribution in [1.29, 1.82) is 0 Å². The Labute approximate surface area is 107 Å². The second-order valence-corrected chi connectivity index (χ2v) is 6.77. The molecule has 1 aromatic rings. The van der Waals surface area contributed by atoms with Gasteiger partial charge in [-0.15, -0.1) is 0 Å². The van der Waals surface area contributed by atoms with Crippen LogP contribution in [0, 0.1) is 0 Å². The van der Waals surface area contributed by atoms with Crippen LogP contribution in [0.25, 0.3) is 0 Å². The predicted octanol–water partition coefficient (Wildman–Crippen LogP) is 0.555. The van der Waals surface area contributed by atoms with Crippen LogP contribution in [0.3, 0.4) is 0 Å². The molecule has 1 saturated heterocycles. The average Bonchev–Trinajstić information content (AvgIpc) is 2.28. The molecule has 1 aromatic carbocycles. The van der Waals surface area contributed by atoms with Crippen LogP contribution in [0.15, 0.2) is 24.3 Å². The Kier molecular flexibility index (Phi) is 3.35. The zero-order chi connectivity index (χ0) is 13.4. The van der Waals surface area contributed by atoms with Crippen molar-refractivity contribution < 1.29 is 13.5 Å². The molecule has 1 fully saturated rings. The lowest BCUT2D eigenvalue weighted by atomic mass is 9.94. The lowest BCUT2D eigenvalue weighted by molar-refractivity contribution is -0.0614. The van der Waals surface area contributed by atoms with Crippen molar-refractivity contribution in [2.75, 3.05) is 18.8 Å². The minimum atomic E-state index is -3.39. The molecule has 0 atom stereocenters. The van der Waals surface area contributed by atoms with E-state index < -0.39 is 15.6 Å². The van der Waals surface area contributed by atoms with Crippen molar-refractivity contribution in [2.45, 2.75) is 24.7 Å². The smallest absolute Gasteiger partial charge is 0.218 e. The van der Waals surface area contributed by atoms with E-state index in [0.717, 1.165) is 0 Å². The maximum Gasteiger partial charge on any atom is 0.218 e. The van der Waals surface area contributed by atoms with Gasteiger partial charge in [-0.25, -0.2) is 8.42 Å². The van der Waals surface area contributed by atoms with Gasteiger partial charge < -0.3 is 10.8 Å². The first-order valence-electron chi connectivity index (χ1n) is 5.90. The first kappa shape index (κ1) is 13.3. The Hall–Kier alpha value is -1.11. The van der Waals surface area contributed by atoms with Gasteiger partial charge in [-0.2, -0.15) is 4.31 Å². The SMILES string of the molecule is CCC1(O)CN(S(=O)(=O)Cc2ccccc2N)C1. The molecule has 100 valence electrons. The Morgan fingerprint density at radius 1 is 1.39 bits per heavy atom. The second-order valence-electron chi connectivity index (χ2n) is 4.80. The van der Waals surface area contributed by atoms with E-state index in [2.05, 4.69) is 0 Å². The fraction of sp³-hybridized carbons (Fsp3) is 0.500. The van der Waals surface area contributed by atoms with Gasteiger partial charge in [0.25, 0.3) is 0 Å². The third-order valence-electron chi connectivity index (χ3n) is 3.39. The highest BCUT2D eigenvalue weighted by Crippen LogP contribution is 2.29. The first-order chi connectivity index (χ1) is 8.36. The molecule has 6 heteroatoms. The molecule has 0 unspecified atom stereocenters. The number of rotatable bonds is 4. The third kappa shape index (κ3) is 2.50. The summed E-state index contributed by atoms with van der Waals surface area (Å²) in [6, 6.07) is 6.92. The number of sulfonamides is 1. The minimum Gasteiger partial charge on any atom is -0.398 e. The third-order valence-corrected chi connectivity index (χ3v) is 5.11. The summed E-state index contributed by atoms with van der Waals surface area (Å²) in [7, 11) is -3.39. The normalized spacial score (nSPS) is 19.4. The highest BCUT2D eigenvalue weighted by molar-refractivity contribution is 7.88. The molecule has 0 amide bonds. The van der Waals surface area contributed by atoms with E-state index in [1.54, 1.807) is 24.3 Å². The van der Waals surface area contributed by atoms with E-state index in [9.17, 15) is 13.5 Å². The summed E-state index contributed by atoms with van der Waals surface area (Å²) in [5.41, 5.74) is 5.96. The maximum absolute atomic E-state index is 12.1. The van der Waals surface area contributed by atoms with Gasteiger partial charge >= 0.3 is 0 Å². The van der Waals surface area contributed by atoms with Crippen molar-refractivity contribution in [3.05, 3.63) is 29.8 Å². The largest absolute Gasteiger partial charge is 0.398 e. The second kappa shape index (κ2) is 4.53. The summed E-state index contributed by atoms with van der Waals surface area (Å²) in [5.74, 6) is -0.112. The zero-order valence-corrected chi connectivity index (χ0v) is 11.2. The summed E-state index contributed by atoms with van der Waals surface area (Å²) in [4.78, 5) is 0.